The number of alkyl halides is 3. The molecule has 31 heavy (non-hydrogen) atoms. The molecular weight excluding hydrogens is 435 g/mol. The van der Waals surface area contributed by atoms with Gasteiger partial charge in [0.15, 0.2) is 5.03 Å². The number of nitrogens with zero attached hydrogens (tertiary/aromatic N) is 4. The van der Waals surface area contributed by atoms with Crippen molar-refractivity contribution in [1.29, 1.82) is 0 Å². The first-order valence-electron chi connectivity index (χ1n) is 10.0. The number of hydrogen-bond donors (Lipinski definition) is 1. The summed E-state index contributed by atoms with van der Waals surface area (Å²) in [5.74, 6) is -0.173. The van der Waals surface area contributed by atoms with Crippen molar-refractivity contribution in [2.75, 3.05) is 25.0 Å². The predicted molar refractivity (Wildman–Crippen MR) is 106 cm³/mol. The van der Waals surface area contributed by atoms with E-state index in [-0.39, 0.29) is 36.0 Å². The smallest absolute Gasteiger partial charge is 0.378 e. The van der Waals surface area contributed by atoms with E-state index in [9.17, 15) is 21.6 Å². The largest absolute Gasteiger partial charge is 0.416 e. The lowest BCUT2D eigenvalue weighted by Gasteiger charge is -2.31. The van der Waals surface area contributed by atoms with Gasteiger partial charge in [0.1, 0.15) is 5.82 Å². The second kappa shape index (κ2) is 8.40. The van der Waals surface area contributed by atoms with Gasteiger partial charge in [-0.25, -0.2) is 18.4 Å². The lowest BCUT2D eigenvalue weighted by Crippen LogP contribution is -2.39. The average molecular weight is 459 g/mol. The highest BCUT2D eigenvalue weighted by Crippen LogP contribution is 2.34. The second-order valence-corrected chi connectivity index (χ2v) is 9.83. The average Bonchev–Trinajstić information content (AvgIpc) is 3.36. The Bertz CT molecular complexity index is 1020. The summed E-state index contributed by atoms with van der Waals surface area (Å²) >= 11 is 0. The van der Waals surface area contributed by atoms with E-state index in [2.05, 4.69) is 15.3 Å². The number of pyridine rings is 1. The number of ether oxygens (including phenoxy) is 1. The molecule has 0 bridgehead atoms. The predicted octanol–water partition coefficient (Wildman–Crippen LogP) is 2.50. The van der Waals surface area contributed by atoms with Gasteiger partial charge in [0.05, 0.1) is 18.0 Å². The third kappa shape index (κ3) is 4.70. The number of nitrogens with one attached hydrogen (secondary N) is 1. The lowest BCUT2D eigenvalue weighted by atomic mass is 9.91. The Balaban J connectivity index is 1.59. The van der Waals surface area contributed by atoms with Crippen LogP contribution in [0.4, 0.5) is 19.0 Å². The number of sulfonamides is 1. The van der Waals surface area contributed by atoms with E-state index in [0.29, 0.717) is 6.61 Å². The van der Waals surface area contributed by atoms with E-state index in [1.54, 1.807) is 11.6 Å². The molecule has 4 heterocycles. The number of aromatic nitrogens is 3. The first kappa shape index (κ1) is 22.0. The second-order valence-electron chi connectivity index (χ2n) is 7.95. The van der Waals surface area contributed by atoms with E-state index in [1.807, 2.05) is 0 Å². The van der Waals surface area contributed by atoms with Gasteiger partial charge in [-0.15, -0.1) is 0 Å². The molecule has 3 atom stereocenters. The van der Waals surface area contributed by atoms with Gasteiger partial charge >= 0.3 is 6.18 Å². The van der Waals surface area contributed by atoms with Crippen LogP contribution in [0.25, 0.3) is 0 Å². The van der Waals surface area contributed by atoms with Crippen LogP contribution < -0.4 is 5.32 Å². The van der Waals surface area contributed by atoms with Crippen molar-refractivity contribution in [2.24, 2.45) is 13.0 Å². The van der Waals surface area contributed by atoms with Gasteiger partial charge in [0.25, 0.3) is 10.0 Å². The highest BCUT2D eigenvalue weighted by Gasteiger charge is 2.44. The van der Waals surface area contributed by atoms with Crippen molar-refractivity contribution >= 4 is 15.8 Å². The summed E-state index contributed by atoms with van der Waals surface area (Å²) in [4.78, 5) is 7.97. The zero-order valence-corrected chi connectivity index (χ0v) is 17.7. The highest BCUT2D eigenvalue weighted by molar-refractivity contribution is 7.89. The van der Waals surface area contributed by atoms with Crippen LogP contribution in [0.15, 0.2) is 35.9 Å². The molecule has 0 amide bonds. The molecule has 0 spiro atoms. The van der Waals surface area contributed by atoms with Crippen LogP contribution in [0.5, 0.6) is 0 Å². The topological polar surface area (TPSA) is 89.4 Å². The Kier molecular flexibility index (Phi) is 5.97. The van der Waals surface area contributed by atoms with Gasteiger partial charge in [-0.1, -0.05) is 0 Å². The molecule has 2 aromatic heterocycles. The van der Waals surface area contributed by atoms with Gasteiger partial charge in [0, 0.05) is 51.1 Å². The van der Waals surface area contributed by atoms with Crippen molar-refractivity contribution < 1.29 is 26.3 Å². The van der Waals surface area contributed by atoms with E-state index in [0.717, 1.165) is 37.6 Å². The molecule has 2 saturated heterocycles. The Labute approximate surface area is 178 Å². The number of hydrogen-bond acceptors (Lipinski definition) is 6. The number of aryl methyl sites for hydroxylation is 1. The molecule has 1 N–H and O–H groups in total. The summed E-state index contributed by atoms with van der Waals surface area (Å²) in [6, 6.07) is 1.39. The molecule has 12 heteroatoms. The quantitative estimate of drug-likeness (QED) is 0.739. The SMILES string of the molecule is Cn1cnc(S(=O)(=O)N2CC(Nc3cc(C(F)(F)F)ccn3)C(C3CCCCO3)C2)c1. The number of rotatable bonds is 5. The molecule has 2 aliphatic rings. The van der Waals surface area contributed by atoms with Gasteiger partial charge in [-0.05, 0) is 31.4 Å². The molecule has 0 aliphatic carbocycles. The molecule has 4 rings (SSSR count). The van der Waals surface area contributed by atoms with E-state index in [4.69, 9.17) is 4.74 Å². The van der Waals surface area contributed by atoms with Crippen LogP contribution in [0.1, 0.15) is 24.8 Å². The van der Waals surface area contributed by atoms with E-state index in [1.165, 1.54) is 16.8 Å². The standard InChI is InChI=1S/C19H24F3N5O3S/c1-26-11-18(24-12-26)31(28,29)27-9-14(16-4-2-3-7-30-16)15(10-27)25-17-8-13(5-6-23-17)19(20,21)22/h5-6,8,11-12,14-16H,2-4,7,9-10H2,1H3,(H,23,25). The molecule has 0 radical (unpaired) electrons. The molecular formula is C19H24F3N5O3S. The first-order valence-corrected chi connectivity index (χ1v) is 11.5. The van der Waals surface area contributed by atoms with Crippen molar-refractivity contribution in [2.45, 2.75) is 42.6 Å². The molecule has 8 nitrogen and oxygen atoms in total. The Morgan fingerprint density at radius 3 is 2.68 bits per heavy atom. The van der Waals surface area contributed by atoms with Crippen molar-refractivity contribution in [3.05, 3.63) is 36.4 Å². The number of imidazole rings is 1. The Morgan fingerprint density at radius 1 is 1.23 bits per heavy atom. The lowest BCUT2D eigenvalue weighted by molar-refractivity contribution is -0.137. The normalized spacial score (nSPS) is 25.6. The summed E-state index contributed by atoms with van der Waals surface area (Å²) in [6.45, 7) is 0.865. The monoisotopic (exact) mass is 459 g/mol. The summed E-state index contributed by atoms with van der Waals surface area (Å²) in [7, 11) is -2.16. The first-order chi connectivity index (χ1) is 14.6. The maximum Gasteiger partial charge on any atom is 0.416 e. The zero-order chi connectivity index (χ0) is 22.2. The zero-order valence-electron chi connectivity index (χ0n) is 16.9. The van der Waals surface area contributed by atoms with E-state index < -0.39 is 27.8 Å². The molecule has 2 aromatic rings. The van der Waals surface area contributed by atoms with Gasteiger partial charge in [0.2, 0.25) is 0 Å². The third-order valence-corrected chi connectivity index (χ3v) is 7.45. The van der Waals surface area contributed by atoms with Crippen molar-refractivity contribution in [3.8, 4) is 0 Å². The van der Waals surface area contributed by atoms with Crippen LogP contribution >= 0.6 is 0 Å². The number of anilines is 1. The summed E-state index contributed by atoms with van der Waals surface area (Å²) < 4.78 is 74.2. The summed E-state index contributed by atoms with van der Waals surface area (Å²) in [5, 5.41) is 2.98. The Morgan fingerprint density at radius 2 is 2.03 bits per heavy atom. The minimum absolute atomic E-state index is 0.0534. The molecule has 0 saturated carbocycles. The van der Waals surface area contributed by atoms with E-state index >= 15 is 0 Å². The highest BCUT2D eigenvalue weighted by atomic mass is 32.2. The fraction of sp³-hybridized carbons (Fsp3) is 0.579. The minimum atomic E-state index is -4.49. The molecule has 170 valence electrons. The number of halogens is 3. The summed E-state index contributed by atoms with van der Waals surface area (Å²) in [5.41, 5.74) is -0.813. The fourth-order valence-corrected chi connectivity index (χ4v) is 5.62. The van der Waals surface area contributed by atoms with Crippen molar-refractivity contribution in [1.82, 2.24) is 18.8 Å². The maximum absolute atomic E-state index is 13.1. The van der Waals surface area contributed by atoms with Crippen molar-refractivity contribution in [3.63, 3.8) is 0 Å². The molecule has 2 fully saturated rings. The molecule has 2 aliphatic heterocycles. The van der Waals surface area contributed by atoms with Crippen LogP contribution in [-0.2, 0) is 28.0 Å². The van der Waals surface area contributed by atoms with Crippen LogP contribution in [0.2, 0.25) is 0 Å². The van der Waals surface area contributed by atoms with Crippen LogP contribution in [-0.4, -0.2) is 59.1 Å². The van der Waals surface area contributed by atoms with Gasteiger partial charge < -0.3 is 14.6 Å². The van der Waals surface area contributed by atoms with Crippen LogP contribution in [0, 0.1) is 5.92 Å². The summed E-state index contributed by atoms with van der Waals surface area (Å²) in [6.07, 6.45) is 1.93. The van der Waals surface area contributed by atoms with Gasteiger partial charge in [-0.2, -0.15) is 17.5 Å². The Hall–Kier alpha value is -2.18. The van der Waals surface area contributed by atoms with Gasteiger partial charge in [-0.3, -0.25) is 0 Å². The minimum Gasteiger partial charge on any atom is -0.378 e. The van der Waals surface area contributed by atoms with Crippen LogP contribution in [0.3, 0.4) is 0 Å². The maximum atomic E-state index is 13.1. The fourth-order valence-electron chi connectivity index (χ4n) is 4.15. The third-order valence-electron chi connectivity index (χ3n) is 5.73. The molecule has 0 aromatic carbocycles. The molecule has 3 unspecified atom stereocenters.